The highest BCUT2D eigenvalue weighted by atomic mass is 16.1. The smallest absolute Gasteiger partial charge is 0.162 e. The topological polar surface area (TPSA) is 43.1 Å². The van der Waals surface area contributed by atoms with Crippen LogP contribution in [0.15, 0.2) is 36.5 Å². The second kappa shape index (κ2) is 7.28. The molecule has 2 nitrogen and oxygen atoms in total. The average molecular weight is 273 g/mol. The van der Waals surface area contributed by atoms with E-state index in [-0.39, 0.29) is 11.2 Å². The second-order valence-corrected chi connectivity index (χ2v) is 6.47. The molecule has 0 aliphatic heterocycles. The van der Waals surface area contributed by atoms with Crippen LogP contribution < -0.4 is 5.73 Å². The lowest BCUT2D eigenvalue weighted by molar-refractivity contribution is 0.0979. The van der Waals surface area contributed by atoms with Crippen molar-refractivity contribution >= 4 is 5.78 Å². The summed E-state index contributed by atoms with van der Waals surface area (Å²) in [5.74, 6) is 0.233. The highest BCUT2D eigenvalue weighted by Gasteiger charge is 2.14. The van der Waals surface area contributed by atoms with Gasteiger partial charge >= 0.3 is 0 Å². The summed E-state index contributed by atoms with van der Waals surface area (Å²) in [6.07, 6.45) is 4.45. The lowest BCUT2D eigenvalue weighted by atomic mass is 9.86. The van der Waals surface area contributed by atoms with Gasteiger partial charge in [0.15, 0.2) is 5.78 Å². The van der Waals surface area contributed by atoms with E-state index in [4.69, 9.17) is 5.73 Å². The van der Waals surface area contributed by atoms with E-state index in [1.807, 2.05) is 12.1 Å². The predicted molar refractivity (Wildman–Crippen MR) is 85.9 cm³/mol. The van der Waals surface area contributed by atoms with E-state index in [2.05, 4.69) is 39.5 Å². The lowest BCUT2D eigenvalue weighted by Crippen LogP contribution is -2.11. The molecule has 0 aliphatic rings. The van der Waals surface area contributed by atoms with Gasteiger partial charge in [0.1, 0.15) is 0 Å². The number of hydrogen-bond acceptors (Lipinski definition) is 2. The minimum Gasteiger partial charge on any atom is -0.403 e. The molecule has 0 aliphatic carbocycles. The molecular formula is C18H27NO. The van der Waals surface area contributed by atoms with E-state index in [9.17, 15) is 4.79 Å². The van der Waals surface area contributed by atoms with Gasteiger partial charge < -0.3 is 5.73 Å². The number of carbonyl (C=O) groups is 1. The number of carbonyl (C=O) groups excluding carboxylic acids is 1. The van der Waals surface area contributed by atoms with Gasteiger partial charge in [-0.3, -0.25) is 4.79 Å². The first-order valence-electron chi connectivity index (χ1n) is 7.37. The number of rotatable bonds is 7. The van der Waals surface area contributed by atoms with Gasteiger partial charge in [0.05, 0.1) is 0 Å². The molecule has 0 saturated carbocycles. The standard InChI is InChI=1S/C18H27NO/c1-14(19)8-6-5-7-9-17(20)15-10-12-16(13-11-15)18(2,3)4/h10-13H,1,5-9,19H2,2-4H3. The highest BCUT2D eigenvalue weighted by molar-refractivity contribution is 5.96. The van der Waals surface area contributed by atoms with Crippen LogP contribution in [-0.4, -0.2) is 5.78 Å². The van der Waals surface area contributed by atoms with Crippen LogP contribution in [0.2, 0.25) is 0 Å². The van der Waals surface area contributed by atoms with Gasteiger partial charge in [-0.2, -0.15) is 0 Å². The molecule has 1 aromatic carbocycles. The molecule has 0 fully saturated rings. The summed E-state index contributed by atoms with van der Waals surface area (Å²) >= 11 is 0. The lowest BCUT2D eigenvalue weighted by Gasteiger charge is -2.18. The Balaban J connectivity index is 2.42. The summed E-state index contributed by atoms with van der Waals surface area (Å²) in [4.78, 5) is 12.1. The van der Waals surface area contributed by atoms with Crippen LogP contribution in [0, 0.1) is 0 Å². The largest absolute Gasteiger partial charge is 0.403 e. The summed E-state index contributed by atoms with van der Waals surface area (Å²) in [5.41, 5.74) is 8.46. The Morgan fingerprint density at radius 3 is 2.10 bits per heavy atom. The molecule has 0 spiro atoms. The number of hydrogen-bond donors (Lipinski definition) is 1. The molecule has 0 radical (unpaired) electrons. The Labute approximate surface area is 123 Å². The Morgan fingerprint density at radius 2 is 1.60 bits per heavy atom. The van der Waals surface area contributed by atoms with Gasteiger partial charge in [0.2, 0.25) is 0 Å². The van der Waals surface area contributed by atoms with E-state index in [1.54, 1.807) is 0 Å². The fourth-order valence-corrected chi connectivity index (χ4v) is 2.11. The first-order chi connectivity index (χ1) is 9.30. The van der Waals surface area contributed by atoms with Gasteiger partial charge in [-0.25, -0.2) is 0 Å². The van der Waals surface area contributed by atoms with Gasteiger partial charge in [-0.15, -0.1) is 0 Å². The molecule has 2 N–H and O–H groups in total. The molecule has 0 saturated heterocycles. The van der Waals surface area contributed by atoms with E-state index in [0.29, 0.717) is 6.42 Å². The van der Waals surface area contributed by atoms with Crippen LogP contribution in [0.5, 0.6) is 0 Å². The van der Waals surface area contributed by atoms with Crippen molar-refractivity contribution in [3.8, 4) is 0 Å². The maximum absolute atomic E-state index is 12.1. The molecule has 0 heterocycles. The maximum atomic E-state index is 12.1. The molecule has 0 aromatic heterocycles. The van der Waals surface area contributed by atoms with Crippen LogP contribution in [0.25, 0.3) is 0 Å². The number of allylic oxidation sites excluding steroid dienone is 1. The van der Waals surface area contributed by atoms with Crippen molar-refractivity contribution in [2.45, 2.75) is 58.3 Å². The van der Waals surface area contributed by atoms with E-state index in [1.165, 1.54) is 5.56 Å². The number of unbranched alkanes of at least 4 members (excludes halogenated alkanes) is 2. The third-order valence-electron chi connectivity index (χ3n) is 3.47. The van der Waals surface area contributed by atoms with Crippen molar-refractivity contribution in [2.24, 2.45) is 5.73 Å². The van der Waals surface area contributed by atoms with Crippen molar-refractivity contribution in [1.29, 1.82) is 0 Å². The Kier molecular flexibility index (Phi) is 6.00. The number of Topliss-reactive ketones (excluding diaryl/α,β-unsaturated/α-hetero) is 1. The summed E-state index contributed by atoms with van der Waals surface area (Å²) in [6, 6.07) is 8.02. The number of ketones is 1. The third-order valence-corrected chi connectivity index (χ3v) is 3.47. The minimum absolute atomic E-state index is 0.131. The Hall–Kier alpha value is -1.57. The van der Waals surface area contributed by atoms with Crippen molar-refractivity contribution in [3.05, 3.63) is 47.7 Å². The first-order valence-corrected chi connectivity index (χ1v) is 7.37. The molecule has 2 heteroatoms. The Bertz CT molecular complexity index is 451. The van der Waals surface area contributed by atoms with Crippen LogP contribution in [-0.2, 0) is 5.41 Å². The third kappa shape index (κ3) is 5.60. The van der Waals surface area contributed by atoms with Crippen molar-refractivity contribution in [2.75, 3.05) is 0 Å². The van der Waals surface area contributed by atoms with Gasteiger partial charge in [0, 0.05) is 17.7 Å². The molecule has 1 aromatic rings. The zero-order chi connectivity index (χ0) is 15.2. The summed E-state index contributed by atoms with van der Waals surface area (Å²) in [7, 11) is 0. The molecule has 0 bridgehead atoms. The monoisotopic (exact) mass is 273 g/mol. The SMILES string of the molecule is C=C(N)CCCCCC(=O)c1ccc(C(C)(C)C)cc1. The highest BCUT2D eigenvalue weighted by Crippen LogP contribution is 2.22. The maximum Gasteiger partial charge on any atom is 0.162 e. The fraction of sp³-hybridized carbons (Fsp3) is 0.500. The number of benzene rings is 1. The van der Waals surface area contributed by atoms with Crippen molar-refractivity contribution in [1.82, 2.24) is 0 Å². The van der Waals surface area contributed by atoms with E-state index < -0.39 is 0 Å². The minimum atomic E-state index is 0.131. The molecule has 1 rings (SSSR count). The van der Waals surface area contributed by atoms with Crippen molar-refractivity contribution in [3.63, 3.8) is 0 Å². The van der Waals surface area contributed by atoms with Gasteiger partial charge in [-0.05, 0) is 30.2 Å². The van der Waals surface area contributed by atoms with E-state index in [0.717, 1.165) is 36.9 Å². The molecule has 0 atom stereocenters. The normalized spacial score (nSPS) is 11.3. The summed E-state index contributed by atoms with van der Waals surface area (Å²) < 4.78 is 0. The Morgan fingerprint density at radius 1 is 1.05 bits per heavy atom. The molecule has 20 heavy (non-hydrogen) atoms. The molecular weight excluding hydrogens is 246 g/mol. The van der Waals surface area contributed by atoms with E-state index >= 15 is 0 Å². The fourth-order valence-electron chi connectivity index (χ4n) is 2.11. The predicted octanol–water partition coefficient (Wildman–Crippen LogP) is 4.59. The first kappa shape index (κ1) is 16.5. The van der Waals surface area contributed by atoms with Crippen LogP contribution in [0.3, 0.4) is 0 Å². The molecule has 0 amide bonds. The quantitative estimate of drug-likeness (QED) is 0.583. The van der Waals surface area contributed by atoms with Crippen LogP contribution in [0.4, 0.5) is 0 Å². The van der Waals surface area contributed by atoms with Gasteiger partial charge in [0.25, 0.3) is 0 Å². The van der Waals surface area contributed by atoms with Crippen molar-refractivity contribution < 1.29 is 4.79 Å². The molecule has 0 unspecified atom stereocenters. The summed E-state index contributed by atoms with van der Waals surface area (Å²) in [6.45, 7) is 10.2. The average Bonchev–Trinajstić information content (AvgIpc) is 2.37. The van der Waals surface area contributed by atoms with Crippen LogP contribution in [0.1, 0.15) is 68.8 Å². The van der Waals surface area contributed by atoms with Gasteiger partial charge in [-0.1, -0.05) is 58.0 Å². The zero-order valence-corrected chi connectivity index (χ0v) is 13.0. The second-order valence-electron chi connectivity index (χ2n) is 6.47. The zero-order valence-electron chi connectivity index (χ0n) is 13.0. The van der Waals surface area contributed by atoms with Crippen LogP contribution >= 0.6 is 0 Å². The number of nitrogens with two attached hydrogens (primary N) is 1. The molecule has 110 valence electrons. The summed E-state index contributed by atoms with van der Waals surface area (Å²) in [5, 5.41) is 0.